The van der Waals surface area contributed by atoms with E-state index in [9.17, 15) is 4.79 Å². The number of nitrogens with one attached hydrogen (secondary N) is 1. The van der Waals surface area contributed by atoms with Gasteiger partial charge in [0.05, 0.1) is 12.7 Å². The van der Waals surface area contributed by atoms with Crippen molar-refractivity contribution in [1.82, 2.24) is 10.2 Å². The lowest BCUT2D eigenvalue weighted by molar-refractivity contribution is -0.131. The Balaban J connectivity index is 2.02. The van der Waals surface area contributed by atoms with Crippen molar-refractivity contribution in [2.24, 2.45) is 5.92 Å². The highest BCUT2D eigenvalue weighted by atomic mass is 16.2. The number of amides is 1. The van der Waals surface area contributed by atoms with Gasteiger partial charge in [0.1, 0.15) is 0 Å². The number of carbonyl (C=O) groups excluding carboxylic acids is 1. The van der Waals surface area contributed by atoms with Crippen LogP contribution in [0.15, 0.2) is 0 Å². The normalized spacial score (nSPS) is 38.3. The van der Waals surface area contributed by atoms with Gasteiger partial charge in [-0.05, 0) is 25.2 Å². The van der Waals surface area contributed by atoms with Gasteiger partial charge in [-0.1, -0.05) is 20.3 Å². The van der Waals surface area contributed by atoms with E-state index in [1.54, 1.807) is 0 Å². The lowest BCUT2D eigenvalue weighted by Crippen LogP contribution is -2.39. The predicted octanol–water partition coefficient (Wildman–Crippen LogP) is 1.34. The van der Waals surface area contributed by atoms with Gasteiger partial charge < -0.3 is 4.90 Å². The summed E-state index contributed by atoms with van der Waals surface area (Å²) in [6.45, 7) is 5.10. The van der Waals surface area contributed by atoms with Crippen LogP contribution in [0, 0.1) is 5.92 Å². The van der Waals surface area contributed by atoms with Gasteiger partial charge in [-0.15, -0.1) is 0 Å². The maximum absolute atomic E-state index is 11.9. The van der Waals surface area contributed by atoms with Crippen LogP contribution in [-0.4, -0.2) is 29.6 Å². The third-order valence-corrected chi connectivity index (χ3v) is 3.71. The molecule has 3 nitrogen and oxygen atoms in total. The summed E-state index contributed by atoms with van der Waals surface area (Å²) in [5.41, 5.74) is 0. The quantitative estimate of drug-likeness (QED) is 0.723. The molecule has 0 bridgehead atoms. The summed E-state index contributed by atoms with van der Waals surface area (Å²) in [4.78, 5) is 14.0. The maximum atomic E-state index is 11.9. The molecular formula is C11H20N2O. The summed E-state index contributed by atoms with van der Waals surface area (Å²) < 4.78 is 0. The van der Waals surface area contributed by atoms with Crippen molar-refractivity contribution >= 4 is 5.91 Å². The molecule has 0 aromatic carbocycles. The summed E-state index contributed by atoms with van der Waals surface area (Å²) in [6.07, 6.45) is 4.68. The van der Waals surface area contributed by atoms with Gasteiger partial charge in [0.2, 0.25) is 5.91 Å². The average Bonchev–Trinajstić information content (AvgIpc) is 2.72. The number of nitrogens with zero attached hydrogens (tertiary/aromatic N) is 1. The first-order chi connectivity index (χ1) is 6.74. The van der Waals surface area contributed by atoms with E-state index in [1.807, 2.05) is 0 Å². The molecular weight excluding hydrogens is 176 g/mol. The van der Waals surface area contributed by atoms with Crippen molar-refractivity contribution in [3.63, 3.8) is 0 Å². The summed E-state index contributed by atoms with van der Waals surface area (Å²) in [5, 5.41) is 3.28. The van der Waals surface area contributed by atoms with Gasteiger partial charge in [0.15, 0.2) is 0 Å². The minimum Gasteiger partial charge on any atom is -0.325 e. The Morgan fingerprint density at radius 1 is 1.50 bits per heavy atom. The average molecular weight is 196 g/mol. The fraction of sp³-hybridized carbons (Fsp3) is 0.909. The minimum absolute atomic E-state index is 0.0859. The van der Waals surface area contributed by atoms with Crippen LogP contribution in [0.1, 0.15) is 39.5 Å². The van der Waals surface area contributed by atoms with Crippen molar-refractivity contribution in [1.29, 1.82) is 0 Å². The van der Waals surface area contributed by atoms with Crippen LogP contribution < -0.4 is 5.32 Å². The number of rotatable bonds is 2. The van der Waals surface area contributed by atoms with Gasteiger partial charge in [0, 0.05) is 6.04 Å². The molecule has 1 heterocycles. The highest BCUT2D eigenvalue weighted by Gasteiger charge is 2.38. The summed E-state index contributed by atoms with van der Waals surface area (Å²) in [7, 11) is 0. The predicted molar refractivity (Wildman–Crippen MR) is 55.7 cm³/mol. The van der Waals surface area contributed by atoms with Crippen LogP contribution in [0.2, 0.25) is 0 Å². The molecule has 3 atom stereocenters. The Hall–Kier alpha value is -0.570. The first-order valence-electron chi connectivity index (χ1n) is 5.78. The van der Waals surface area contributed by atoms with Crippen LogP contribution >= 0.6 is 0 Å². The van der Waals surface area contributed by atoms with E-state index in [4.69, 9.17) is 0 Å². The molecule has 1 N–H and O–H groups in total. The van der Waals surface area contributed by atoms with E-state index < -0.39 is 0 Å². The maximum Gasteiger partial charge on any atom is 0.241 e. The fourth-order valence-electron chi connectivity index (χ4n) is 2.76. The molecule has 1 saturated carbocycles. The van der Waals surface area contributed by atoms with E-state index in [2.05, 4.69) is 24.1 Å². The number of hydrogen-bond acceptors (Lipinski definition) is 2. The molecule has 2 rings (SSSR count). The molecule has 2 aliphatic rings. The van der Waals surface area contributed by atoms with E-state index in [1.165, 1.54) is 19.3 Å². The Morgan fingerprint density at radius 2 is 2.29 bits per heavy atom. The molecule has 2 fully saturated rings. The summed E-state index contributed by atoms with van der Waals surface area (Å²) >= 11 is 0. The Bertz CT molecular complexity index is 229. The van der Waals surface area contributed by atoms with Gasteiger partial charge in [-0.3, -0.25) is 10.1 Å². The Labute approximate surface area is 85.8 Å². The molecule has 0 aromatic rings. The van der Waals surface area contributed by atoms with Crippen molar-refractivity contribution < 1.29 is 4.79 Å². The molecule has 0 spiro atoms. The fourth-order valence-corrected chi connectivity index (χ4v) is 2.76. The second-order valence-corrected chi connectivity index (χ2v) is 4.61. The zero-order valence-electron chi connectivity index (χ0n) is 9.12. The second kappa shape index (κ2) is 3.89. The topological polar surface area (TPSA) is 32.3 Å². The molecule has 0 radical (unpaired) electrons. The van der Waals surface area contributed by atoms with Crippen LogP contribution in [0.25, 0.3) is 0 Å². The molecule has 80 valence electrons. The van der Waals surface area contributed by atoms with Gasteiger partial charge in [0.25, 0.3) is 0 Å². The van der Waals surface area contributed by atoms with Crippen LogP contribution in [0.3, 0.4) is 0 Å². The highest BCUT2D eigenvalue weighted by Crippen LogP contribution is 2.30. The molecule has 1 amide bonds. The second-order valence-electron chi connectivity index (χ2n) is 4.61. The highest BCUT2D eigenvalue weighted by molar-refractivity contribution is 5.84. The lowest BCUT2D eigenvalue weighted by atomic mass is 10.0. The standard InChI is InChI=1S/C11H20N2O/c1-3-9-11(14)13(7-12-9)10-6-4-5-8(10)2/h8-10,12H,3-7H2,1-2H3. The largest absolute Gasteiger partial charge is 0.325 e. The van der Waals surface area contributed by atoms with Crippen LogP contribution in [0.4, 0.5) is 0 Å². The van der Waals surface area contributed by atoms with E-state index >= 15 is 0 Å². The molecule has 1 saturated heterocycles. The minimum atomic E-state index is 0.0859. The summed E-state index contributed by atoms with van der Waals surface area (Å²) in [5.74, 6) is 1.02. The van der Waals surface area contributed by atoms with Gasteiger partial charge >= 0.3 is 0 Å². The molecule has 14 heavy (non-hydrogen) atoms. The van der Waals surface area contributed by atoms with Crippen LogP contribution in [0.5, 0.6) is 0 Å². The van der Waals surface area contributed by atoms with E-state index in [0.29, 0.717) is 17.9 Å². The third-order valence-electron chi connectivity index (χ3n) is 3.71. The smallest absolute Gasteiger partial charge is 0.241 e. The first kappa shape index (κ1) is 9.97. The van der Waals surface area contributed by atoms with E-state index in [0.717, 1.165) is 13.1 Å². The molecule has 1 aliphatic heterocycles. The summed E-state index contributed by atoms with van der Waals surface area (Å²) in [6, 6.07) is 0.592. The van der Waals surface area contributed by atoms with Crippen molar-refractivity contribution in [2.45, 2.75) is 51.6 Å². The SMILES string of the molecule is CCC1NCN(C2CCCC2C)C1=O. The van der Waals surface area contributed by atoms with Crippen LogP contribution in [-0.2, 0) is 4.79 Å². The van der Waals surface area contributed by atoms with Crippen molar-refractivity contribution in [3.05, 3.63) is 0 Å². The zero-order valence-corrected chi connectivity index (χ0v) is 9.12. The molecule has 1 aliphatic carbocycles. The molecule has 3 unspecified atom stereocenters. The molecule has 0 aromatic heterocycles. The lowest BCUT2D eigenvalue weighted by Gasteiger charge is -2.26. The number of carbonyl (C=O) groups is 1. The molecule has 3 heteroatoms. The van der Waals surface area contributed by atoms with Gasteiger partial charge in [-0.25, -0.2) is 0 Å². The third kappa shape index (κ3) is 1.54. The Morgan fingerprint density at radius 3 is 2.79 bits per heavy atom. The zero-order chi connectivity index (χ0) is 10.1. The van der Waals surface area contributed by atoms with Gasteiger partial charge in [-0.2, -0.15) is 0 Å². The first-order valence-corrected chi connectivity index (χ1v) is 5.78. The Kier molecular flexibility index (Phi) is 2.77. The van der Waals surface area contributed by atoms with E-state index in [-0.39, 0.29) is 6.04 Å². The number of hydrogen-bond donors (Lipinski definition) is 1. The monoisotopic (exact) mass is 196 g/mol. The van der Waals surface area contributed by atoms with Crippen molar-refractivity contribution in [2.75, 3.05) is 6.67 Å². The van der Waals surface area contributed by atoms with Crippen molar-refractivity contribution in [3.8, 4) is 0 Å².